The van der Waals surface area contributed by atoms with Crippen molar-refractivity contribution in [3.8, 4) is 0 Å². The quantitative estimate of drug-likeness (QED) is 0.667. The largest absolute Gasteiger partial charge is 0.377 e. The molecular weight excluding hydrogens is 200 g/mol. The minimum Gasteiger partial charge on any atom is -0.377 e. The molecule has 0 bridgehead atoms. The zero-order valence-electron chi connectivity index (χ0n) is 6.99. The van der Waals surface area contributed by atoms with Crippen LogP contribution in [0, 0.1) is 0 Å². The van der Waals surface area contributed by atoms with E-state index in [-0.39, 0.29) is 6.10 Å². The van der Waals surface area contributed by atoms with Crippen LogP contribution in [-0.2, 0) is 13.8 Å². The van der Waals surface area contributed by atoms with Crippen molar-refractivity contribution in [2.24, 2.45) is 0 Å². The van der Waals surface area contributed by atoms with Gasteiger partial charge in [-0.05, 0) is 26.2 Å². The molecule has 1 aliphatic carbocycles. The van der Waals surface area contributed by atoms with E-state index in [9.17, 15) is 8.42 Å². The van der Waals surface area contributed by atoms with Gasteiger partial charge in [-0.3, -0.25) is 0 Å². The first-order valence-corrected chi connectivity index (χ1v) is 6.48. The Bertz CT molecular complexity index is 237. The van der Waals surface area contributed by atoms with Crippen LogP contribution in [0.2, 0.25) is 0 Å². The molecule has 1 rings (SSSR count). The van der Waals surface area contributed by atoms with Crippen LogP contribution >= 0.6 is 10.7 Å². The first kappa shape index (κ1) is 10.3. The van der Waals surface area contributed by atoms with Crippen LogP contribution in [0.25, 0.3) is 0 Å². The van der Waals surface area contributed by atoms with Crippen molar-refractivity contribution in [1.29, 1.82) is 0 Å². The molecule has 0 radical (unpaired) electrons. The average molecular weight is 213 g/mol. The van der Waals surface area contributed by atoms with Gasteiger partial charge in [0.1, 0.15) is 5.25 Å². The molecule has 0 aromatic heterocycles. The van der Waals surface area contributed by atoms with Crippen LogP contribution in [0.4, 0.5) is 0 Å². The van der Waals surface area contributed by atoms with Gasteiger partial charge in [0.25, 0.3) is 0 Å². The SMILES string of the molecule is CCO[C@@H]1CCC[C@@H]1S(=O)(=O)Cl. The fourth-order valence-electron chi connectivity index (χ4n) is 1.62. The van der Waals surface area contributed by atoms with E-state index in [0.717, 1.165) is 12.8 Å². The van der Waals surface area contributed by atoms with Gasteiger partial charge < -0.3 is 4.74 Å². The summed E-state index contributed by atoms with van der Waals surface area (Å²) in [7, 11) is 1.84. The van der Waals surface area contributed by atoms with Crippen LogP contribution in [0.1, 0.15) is 26.2 Å². The van der Waals surface area contributed by atoms with Crippen molar-refractivity contribution in [2.75, 3.05) is 6.61 Å². The highest BCUT2D eigenvalue weighted by Crippen LogP contribution is 2.29. The van der Waals surface area contributed by atoms with E-state index in [1.165, 1.54) is 0 Å². The van der Waals surface area contributed by atoms with Gasteiger partial charge in [-0.2, -0.15) is 0 Å². The highest BCUT2D eigenvalue weighted by molar-refractivity contribution is 8.14. The van der Waals surface area contributed by atoms with Crippen molar-refractivity contribution < 1.29 is 13.2 Å². The molecule has 1 fully saturated rings. The monoisotopic (exact) mass is 212 g/mol. The van der Waals surface area contributed by atoms with Crippen molar-refractivity contribution in [3.05, 3.63) is 0 Å². The number of ether oxygens (including phenoxy) is 1. The minimum atomic E-state index is -3.43. The van der Waals surface area contributed by atoms with Crippen molar-refractivity contribution in [3.63, 3.8) is 0 Å². The summed E-state index contributed by atoms with van der Waals surface area (Å²) >= 11 is 0. The molecule has 0 aromatic carbocycles. The van der Waals surface area contributed by atoms with Gasteiger partial charge in [0.2, 0.25) is 9.05 Å². The van der Waals surface area contributed by atoms with Gasteiger partial charge in [-0.15, -0.1) is 0 Å². The zero-order chi connectivity index (χ0) is 9.19. The second-order valence-corrected chi connectivity index (χ2v) is 5.79. The minimum absolute atomic E-state index is 0.183. The summed E-state index contributed by atoms with van der Waals surface area (Å²) in [4.78, 5) is 0. The molecule has 0 heterocycles. The maximum Gasteiger partial charge on any atom is 0.238 e. The van der Waals surface area contributed by atoms with Crippen LogP contribution in [0.5, 0.6) is 0 Å². The summed E-state index contributed by atoms with van der Waals surface area (Å²) in [5.41, 5.74) is 0. The normalized spacial score (nSPS) is 30.8. The van der Waals surface area contributed by atoms with Crippen molar-refractivity contribution in [2.45, 2.75) is 37.5 Å². The van der Waals surface area contributed by atoms with Gasteiger partial charge in [0, 0.05) is 17.3 Å². The fourth-order valence-corrected chi connectivity index (χ4v) is 3.26. The van der Waals surface area contributed by atoms with Crippen LogP contribution in [0.15, 0.2) is 0 Å². The molecule has 0 aliphatic heterocycles. The molecule has 5 heteroatoms. The Morgan fingerprint density at radius 1 is 1.50 bits per heavy atom. The molecular formula is C7H13ClO3S. The lowest BCUT2D eigenvalue weighted by Gasteiger charge is -2.15. The third-order valence-electron chi connectivity index (χ3n) is 2.13. The predicted molar refractivity (Wildman–Crippen MR) is 47.8 cm³/mol. The Morgan fingerprint density at radius 3 is 2.67 bits per heavy atom. The standard InChI is InChI=1S/C7H13ClO3S/c1-2-11-6-4-3-5-7(6)12(8,9)10/h6-7H,2-5H2,1H3/t6-,7+/m1/s1. The average Bonchev–Trinajstić information content (AvgIpc) is 2.34. The number of hydrogen-bond donors (Lipinski definition) is 0. The van der Waals surface area contributed by atoms with E-state index in [2.05, 4.69) is 0 Å². The number of hydrogen-bond acceptors (Lipinski definition) is 3. The maximum atomic E-state index is 11.0. The smallest absolute Gasteiger partial charge is 0.238 e. The lowest BCUT2D eigenvalue weighted by Crippen LogP contribution is -2.28. The van der Waals surface area contributed by atoms with Gasteiger partial charge in [-0.1, -0.05) is 0 Å². The van der Waals surface area contributed by atoms with E-state index < -0.39 is 14.3 Å². The molecule has 0 aromatic rings. The Labute approximate surface area is 77.5 Å². The summed E-state index contributed by atoms with van der Waals surface area (Å²) in [6, 6.07) is 0. The lowest BCUT2D eigenvalue weighted by atomic mass is 10.3. The van der Waals surface area contributed by atoms with E-state index in [0.29, 0.717) is 13.0 Å². The van der Waals surface area contributed by atoms with Crippen molar-refractivity contribution in [1.82, 2.24) is 0 Å². The van der Waals surface area contributed by atoms with Crippen LogP contribution in [0.3, 0.4) is 0 Å². The second kappa shape index (κ2) is 3.94. The molecule has 0 amide bonds. The molecule has 3 nitrogen and oxygen atoms in total. The first-order chi connectivity index (χ1) is 5.55. The summed E-state index contributed by atoms with van der Waals surface area (Å²) in [5, 5.41) is -0.487. The number of halogens is 1. The predicted octanol–water partition coefficient (Wildman–Crippen LogP) is 1.51. The molecule has 1 aliphatic rings. The summed E-state index contributed by atoms with van der Waals surface area (Å²) < 4.78 is 27.3. The molecule has 12 heavy (non-hydrogen) atoms. The molecule has 72 valence electrons. The lowest BCUT2D eigenvalue weighted by molar-refractivity contribution is 0.0707. The Morgan fingerprint density at radius 2 is 2.17 bits per heavy atom. The molecule has 2 atom stereocenters. The van der Waals surface area contributed by atoms with E-state index in [1.54, 1.807) is 0 Å². The first-order valence-electron chi connectivity index (χ1n) is 4.10. The molecule has 1 saturated carbocycles. The number of rotatable bonds is 3. The van der Waals surface area contributed by atoms with E-state index in [4.69, 9.17) is 15.4 Å². The highest BCUT2D eigenvalue weighted by atomic mass is 35.7. The van der Waals surface area contributed by atoms with Gasteiger partial charge in [-0.25, -0.2) is 8.42 Å². The summed E-state index contributed by atoms with van der Waals surface area (Å²) in [6.07, 6.45) is 2.15. The molecule has 0 N–H and O–H groups in total. The Balaban J connectivity index is 2.64. The topological polar surface area (TPSA) is 43.4 Å². The third-order valence-corrected chi connectivity index (χ3v) is 4.08. The fraction of sp³-hybridized carbons (Fsp3) is 1.00. The van der Waals surface area contributed by atoms with Gasteiger partial charge in [0.15, 0.2) is 0 Å². The van der Waals surface area contributed by atoms with Crippen molar-refractivity contribution >= 4 is 19.7 Å². The van der Waals surface area contributed by atoms with Gasteiger partial charge >= 0.3 is 0 Å². The van der Waals surface area contributed by atoms with Crippen LogP contribution in [-0.4, -0.2) is 26.4 Å². The molecule has 0 unspecified atom stereocenters. The summed E-state index contributed by atoms with van der Waals surface area (Å²) in [6.45, 7) is 2.41. The summed E-state index contributed by atoms with van der Waals surface area (Å²) in [5.74, 6) is 0. The molecule has 0 saturated heterocycles. The Kier molecular flexibility index (Phi) is 3.37. The van der Waals surface area contributed by atoms with E-state index >= 15 is 0 Å². The second-order valence-electron chi connectivity index (χ2n) is 2.94. The van der Waals surface area contributed by atoms with Crippen LogP contribution < -0.4 is 0 Å². The third kappa shape index (κ3) is 2.34. The molecule has 0 spiro atoms. The Hall–Kier alpha value is 0.200. The highest BCUT2D eigenvalue weighted by Gasteiger charge is 2.36. The van der Waals surface area contributed by atoms with Gasteiger partial charge in [0.05, 0.1) is 6.10 Å². The zero-order valence-corrected chi connectivity index (χ0v) is 8.57. The maximum absolute atomic E-state index is 11.0. The van der Waals surface area contributed by atoms with E-state index in [1.807, 2.05) is 6.92 Å².